The summed E-state index contributed by atoms with van der Waals surface area (Å²) in [6.45, 7) is 2.24. The second-order valence-corrected chi connectivity index (χ2v) is 6.63. The molecule has 0 aliphatic heterocycles. The summed E-state index contributed by atoms with van der Waals surface area (Å²) < 4.78 is 28.5. The standard InChI is InChI=1S/C17H34O5S/c1-3-4-5-6-7-8-9-10-11-12-13-14-15-16(17(18)21-2)22-23(19)20/h16H,3-15H2,1-2H3,(H,19,20). The fourth-order valence-corrected chi connectivity index (χ4v) is 2.98. The third kappa shape index (κ3) is 14.8. The Balaban J connectivity index is 3.45. The molecule has 23 heavy (non-hydrogen) atoms. The molecule has 0 rings (SSSR count). The van der Waals surface area contributed by atoms with Crippen LogP contribution in [0.3, 0.4) is 0 Å². The number of methoxy groups -OCH3 is 1. The van der Waals surface area contributed by atoms with Crippen molar-refractivity contribution in [1.82, 2.24) is 0 Å². The molecular formula is C17H34O5S. The Kier molecular flexibility index (Phi) is 16.1. The lowest BCUT2D eigenvalue weighted by atomic mass is 10.0. The van der Waals surface area contributed by atoms with Crippen molar-refractivity contribution in [2.24, 2.45) is 0 Å². The van der Waals surface area contributed by atoms with Gasteiger partial charge in [-0.3, -0.25) is 8.74 Å². The van der Waals surface area contributed by atoms with E-state index in [1.165, 1.54) is 64.9 Å². The molecule has 2 atom stereocenters. The first kappa shape index (κ1) is 22.5. The molecular weight excluding hydrogens is 316 g/mol. The molecule has 0 aromatic rings. The summed E-state index contributed by atoms with van der Waals surface area (Å²) in [6.07, 6.45) is 14.3. The predicted octanol–water partition coefficient (Wildman–Crippen LogP) is 4.77. The minimum atomic E-state index is -2.43. The summed E-state index contributed by atoms with van der Waals surface area (Å²) >= 11 is -2.43. The Morgan fingerprint density at radius 3 is 1.74 bits per heavy atom. The van der Waals surface area contributed by atoms with Crippen LogP contribution < -0.4 is 0 Å². The van der Waals surface area contributed by atoms with E-state index in [0.717, 1.165) is 19.3 Å². The average Bonchev–Trinajstić information content (AvgIpc) is 2.53. The first-order valence-electron chi connectivity index (χ1n) is 8.97. The van der Waals surface area contributed by atoms with Crippen molar-refractivity contribution in [2.75, 3.05) is 7.11 Å². The van der Waals surface area contributed by atoms with E-state index < -0.39 is 23.4 Å². The largest absolute Gasteiger partial charge is 0.467 e. The molecule has 138 valence electrons. The molecule has 0 heterocycles. The van der Waals surface area contributed by atoms with Crippen LogP contribution in [0.2, 0.25) is 0 Å². The molecule has 0 fully saturated rings. The quantitative estimate of drug-likeness (QED) is 0.246. The number of carbonyl (C=O) groups is 1. The summed E-state index contributed by atoms with van der Waals surface area (Å²) in [5, 5.41) is 0. The van der Waals surface area contributed by atoms with E-state index in [9.17, 15) is 9.00 Å². The van der Waals surface area contributed by atoms with E-state index in [4.69, 9.17) is 4.55 Å². The molecule has 0 aromatic heterocycles. The molecule has 5 nitrogen and oxygen atoms in total. The maximum atomic E-state index is 11.4. The minimum absolute atomic E-state index is 0.427. The zero-order valence-corrected chi connectivity index (χ0v) is 15.6. The lowest BCUT2D eigenvalue weighted by Crippen LogP contribution is -2.26. The summed E-state index contributed by atoms with van der Waals surface area (Å²) in [6, 6.07) is 0. The van der Waals surface area contributed by atoms with Gasteiger partial charge in [-0.1, -0.05) is 84.0 Å². The minimum Gasteiger partial charge on any atom is -0.467 e. The molecule has 0 amide bonds. The molecule has 6 heteroatoms. The van der Waals surface area contributed by atoms with E-state index in [1.807, 2.05) is 0 Å². The van der Waals surface area contributed by atoms with Crippen LogP contribution in [0, 0.1) is 0 Å². The summed E-state index contributed by atoms with van der Waals surface area (Å²) in [7, 11) is 1.25. The Labute approximate surface area is 144 Å². The van der Waals surface area contributed by atoms with Crippen molar-refractivity contribution in [2.45, 2.75) is 96.5 Å². The SMILES string of the molecule is CCCCCCCCCCCCCCC(OS(=O)O)C(=O)OC. The molecule has 0 saturated carbocycles. The normalized spacial score (nSPS) is 13.7. The van der Waals surface area contributed by atoms with E-state index >= 15 is 0 Å². The monoisotopic (exact) mass is 350 g/mol. The van der Waals surface area contributed by atoms with E-state index in [-0.39, 0.29) is 0 Å². The Morgan fingerprint density at radius 2 is 1.35 bits per heavy atom. The number of hydrogen-bond acceptors (Lipinski definition) is 4. The topological polar surface area (TPSA) is 72.8 Å². The third-order valence-corrected chi connectivity index (χ3v) is 4.38. The lowest BCUT2D eigenvalue weighted by Gasteiger charge is -2.12. The zero-order valence-electron chi connectivity index (χ0n) is 14.8. The van der Waals surface area contributed by atoms with Gasteiger partial charge in [-0.25, -0.2) is 4.79 Å². The van der Waals surface area contributed by atoms with Gasteiger partial charge >= 0.3 is 17.3 Å². The van der Waals surface area contributed by atoms with Gasteiger partial charge in [-0.05, 0) is 6.42 Å². The van der Waals surface area contributed by atoms with Gasteiger partial charge in [0, 0.05) is 0 Å². The summed E-state index contributed by atoms with van der Waals surface area (Å²) in [4.78, 5) is 11.4. The Hall–Kier alpha value is -0.460. The van der Waals surface area contributed by atoms with Crippen LogP contribution in [0.15, 0.2) is 0 Å². The highest BCUT2D eigenvalue weighted by atomic mass is 32.2. The predicted molar refractivity (Wildman–Crippen MR) is 93.4 cm³/mol. The molecule has 0 aromatic carbocycles. The van der Waals surface area contributed by atoms with Crippen molar-refractivity contribution in [1.29, 1.82) is 0 Å². The lowest BCUT2D eigenvalue weighted by molar-refractivity contribution is -0.149. The van der Waals surface area contributed by atoms with E-state index in [1.54, 1.807) is 0 Å². The van der Waals surface area contributed by atoms with E-state index in [2.05, 4.69) is 15.8 Å². The Bertz CT molecular complexity index is 309. The molecule has 0 aliphatic rings. The highest BCUT2D eigenvalue weighted by Gasteiger charge is 2.21. The summed E-state index contributed by atoms with van der Waals surface area (Å²) in [5.74, 6) is -0.588. The second-order valence-electron chi connectivity index (χ2n) is 6.00. The van der Waals surface area contributed by atoms with Gasteiger partial charge in [0.1, 0.15) is 0 Å². The highest BCUT2D eigenvalue weighted by molar-refractivity contribution is 7.74. The average molecular weight is 351 g/mol. The Morgan fingerprint density at radius 1 is 0.913 bits per heavy atom. The fourth-order valence-electron chi connectivity index (χ4n) is 2.61. The van der Waals surface area contributed by atoms with Crippen molar-refractivity contribution < 1.29 is 22.5 Å². The van der Waals surface area contributed by atoms with Crippen LogP contribution >= 0.6 is 0 Å². The number of hydrogen-bond donors (Lipinski definition) is 1. The molecule has 0 radical (unpaired) electrons. The van der Waals surface area contributed by atoms with Gasteiger partial charge in [-0.2, -0.15) is 4.21 Å². The van der Waals surface area contributed by atoms with Gasteiger partial charge in [0.05, 0.1) is 7.11 Å². The van der Waals surface area contributed by atoms with Crippen molar-refractivity contribution in [3.8, 4) is 0 Å². The number of ether oxygens (including phenoxy) is 1. The van der Waals surface area contributed by atoms with E-state index in [0.29, 0.717) is 6.42 Å². The molecule has 0 saturated heterocycles. The van der Waals surface area contributed by atoms with Crippen LogP contribution in [-0.2, 0) is 25.1 Å². The maximum absolute atomic E-state index is 11.4. The maximum Gasteiger partial charge on any atom is 0.336 e. The molecule has 0 bridgehead atoms. The van der Waals surface area contributed by atoms with Crippen molar-refractivity contribution in [3.63, 3.8) is 0 Å². The van der Waals surface area contributed by atoms with Crippen molar-refractivity contribution in [3.05, 3.63) is 0 Å². The van der Waals surface area contributed by atoms with Gasteiger partial charge in [0.25, 0.3) is 0 Å². The second kappa shape index (κ2) is 16.4. The number of unbranched alkanes of at least 4 members (excludes halogenated alkanes) is 11. The number of rotatable bonds is 16. The highest BCUT2D eigenvalue weighted by Crippen LogP contribution is 2.14. The molecule has 0 aliphatic carbocycles. The first-order valence-corrected chi connectivity index (χ1v) is 10.0. The van der Waals surface area contributed by atoms with Crippen LogP contribution in [0.1, 0.15) is 90.4 Å². The molecule has 0 spiro atoms. The smallest absolute Gasteiger partial charge is 0.336 e. The van der Waals surface area contributed by atoms with Crippen LogP contribution in [-0.4, -0.2) is 27.9 Å². The van der Waals surface area contributed by atoms with Crippen LogP contribution in [0.4, 0.5) is 0 Å². The number of carbonyl (C=O) groups excluding carboxylic acids is 1. The van der Waals surface area contributed by atoms with Crippen LogP contribution in [0.25, 0.3) is 0 Å². The van der Waals surface area contributed by atoms with Crippen LogP contribution in [0.5, 0.6) is 0 Å². The zero-order chi connectivity index (χ0) is 17.3. The van der Waals surface area contributed by atoms with Gasteiger partial charge in [0.15, 0.2) is 6.10 Å². The van der Waals surface area contributed by atoms with Gasteiger partial charge in [0.2, 0.25) is 0 Å². The van der Waals surface area contributed by atoms with Gasteiger partial charge in [-0.15, -0.1) is 0 Å². The van der Waals surface area contributed by atoms with Gasteiger partial charge < -0.3 is 4.74 Å². The number of esters is 1. The molecule has 1 N–H and O–H groups in total. The fraction of sp³-hybridized carbons (Fsp3) is 0.941. The molecule has 2 unspecified atom stereocenters. The summed E-state index contributed by atoms with van der Waals surface area (Å²) in [5.41, 5.74) is 0. The first-order chi connectivity index (χ1) is 11.1. The third-order valence-electron chi connectivity index (χ3n) is 3.98. The van der Waals surface area contributed by atoms with Crippen molar-refractivity contribution >= 4 is 17.3 Å².